The van der Waals surface area contributed by atoms with Crippen LogP contribution in [0.15, 0.2) is 41.0 Å². The minimum atomic E-state index is -0.749. The Bertz CT molecular complexity index is 924. The molecule has 0 fully saturated rings. The van der Waals surface area contributed by atoms with Crippen molar-refractivity contribution < 1.29 is 14.5 Å². The number of rotatable bonds is 5. The van der Waals surface area contributed by atoms with E-state index >= 15 is 0 Å². The summed E-state index contributed by atoms with van der Waals surface area (Å²) in [6, 6.07) is 10.2. The van der Waals surface area contributed by atoms with E-state index in [1.165, 1.54) is 0 Å². The van der Waals surface area contributed by atoms with Crippen molar-refractivity contribution >= 4 is 28.1 Å². The number of nitro benzene ring substituents is 2. The fourth-order valence-corrected chi connectivity index (χ4v) is 2.49. The van der Waals surface area contributed by atoms with Gasteiger partial charge in [0.25, 0.3) is 0 Å². The van der Waals surface area contributed by atoms with E-state index in [-0.39, 0.29) is 16.7 Å². The molecule has 3 rings (SSSR count). The van der Waals surface area contributed by atoms with Crippen molar-refractivity contribution in [3.63, 3.8) is 0 Å². The molecule has 0 atom stereocenters. The zero-order valence-corrected chi connectivity index (χ0v) is 12.4. The molecule has 0 bridgehead atoms. The standard InChI is InChI=1S/C14H11N5O5/c1-17(8-9-5-3-2-4-6-9)14-11(19(22)23)7-10(18(20)21)12-13(14)16-24-15-12/h2-7H,8H2,1H3. The van der Waals surface area contributed by atoms with Gasteiger partial charge in [-0.25, -0.2) is 4.63 Å². The summed E-state index contributed by atoms with van der Waals surface area (Å²) in [5.74, 6) is 0. The molecule has 24 heavy (non-hydrogen) atoms. The molecule has 0 spiro atoms. The maximum absolute atomic E-state index is 11.4. The van der Waals surface area contributed by atoms with E-state index in [2.05, 4.69) is 14.9 Å². The molecule has 0 amide bonds. The van der Waals surface area contributed by atoms with Gasteiger partial charge in [0, 0.05) is 13.6 Å². The molecular weight excluding hydrogens is 318 g/mol. The summed E-state index contributed by atoms with van der Waals surface area (Å²) in [5, 5.41) is 29.7. The largest absolute Gasteiger partial charge is 0.363 e. The molecule has 10 nitrogen and oxygen atoms in total. The fourth-order valence-electron chi connectivity index (χ4n) is 2.49. The second-order valence-corrected chi connectivity index (χ2v) is 5.08. The van der Waals surface area contributed by atoms with Crippen molar-refractivity contribution in [3.8, 4) is 0 Å². The first-order chi connectivity index (χ1) is 11.5. The third-order valence-corrected chi connectivity index (χ3v) is 3.51. The Morgan fingerprint density at radius 2 is 1.67 bits per heavy atom. The first-order valence-corrected chi connectivity index (χ1v) is 6.82. The maximum Gasteiger partial charge on any atom is 0.307 e. The highest BCUT2D eigenvalue weighted by atomic mass is 16.6. The van der Waals surface area contributed by atoms with Crippen molar-refractivity contribution in [1.82, 2.24) is 10.3 Å². The van der Waals surface area contributed by atoms with Crippen LogP contribution in [0.4, 0.5) is 17.1 Å². The molecule has 0 saturated carbocycles. The van der Waals surface area contributed by atoms with Gasteiger partial charge in [0.2, 0.25) is 5.52 Å². The highest BCUT2D eigenvalue weighted by molar-refractivity contribution is 5.98. The van der Waals surface area contributed by atoms with Crippen LogP contribution in [0, 0.1) is 20.2 Å². The summed E-state index contributed by atoms with van der Waals surface area (Å²) in [7, 11) is 1.63. The van der Waals surface area contributed by atoms with Crippen LogP contribution in [0.3, 0.4) is 0 Å². The molecule has 0 saturated heterocycles. The highest BCUT2D eigenvalue weighted by Gasteiger charge is 2.31. The van der Waals surface area contributed by atoms with Gasteiger partial charge in [-0.05, 0) is 15.9 Å². The van der Waals surface area contributed by atoms with Crippen LogP contribution in [-0.4, -0.2) is 27.2 Å². The Labute approximate surface area is 134 Å². The predicted molar refractivity (Wildman–Crippen MR) is 83.7 cm³/mol. The lowest BCUT2D eigenvalue weighted by Gasteiger charge is -2.19. The average molecular weight is 329 g/mol. The van der Waals surface area contributed by atoms with Gasteiger partial charge in [0.1, 0.15) is 5.69 Å². The molecule has 1 heterocycles. The zero-order chi connectivity index (χ0) is 17.3. The maximum atomic E-state index is 11.4. The van der Waals surface area contributed by atoms with E-state index in [1.807, 2.05) is 30.3 Å². The predicted octanol–water partition coefficient (Wildman–Crippen LogP) is 2.68. The van der Waals surface area contributed by atoms with E-state index < -0.39 is 21.2 Å². The van der Waals surface area contributed by atoms with Gasteiger partial charge in [-0.2, -0.15) is 0 Å². The molecule has 0 aliphatic carbocycles. The van der Waals surface area contributed by atoms with Crippen LogP contribution in [-0.2, 0) is 6.54 Å². The molecule has 0 aliphatic rings. The molecular formula is C14H11N5O5. The van der Waals surface area contributed by atoms with Crippen molar-refractivity contribution in [2.75, 3.05) is 11.9 Å². The van der Waals surface area contributed by atoms with E-state index in [4.69, 9.17) is 0 Å². The molecule has 0 unspecified atom stereocenters. The third kappa shape index (κ3) is 2.60. The molecule has 122 valence electrons. The lowest BCUT2D eigenvalue weighted by Crippen LogP contribution is -2.18. The number of nitrogens with zero attached hydrogens (tertiary/aromatic N) is 5. The summed E-state index contributed by atoms with van der Waals surface area (Å²) in [6.07, 6.45) is 0. The van der Waals surface area contributed by atoms with Crippen LogP contribution >= 0.6 is 0 Å². The third-order valence-electron chi connectivity index (χ3n) is 3.51. The molecule has 3 aromatic rings. The summed E-state index contributed by atoms with van der Waals surface area (Å²) in [5.41, 5.74) is -0.0593. The topological polar surface area (TPSA) is 128 Å². The Kier molecular flexibility index (Phi) is 3.78. The second kappa shape index (κ2) is 5.91. The lowest BCUT2D eigenvalue weighted by molar-refractivity contribution is -0.392. The fraction of sp³-hybridized carbons (Fsp3) is 0.143. The van der Waals surface area contributed by atoms with Gasteiger partial charge in [-0.15, -0.1) is 0 Å². The Balaban J connectivity index is 2.17. The zero-order valence-electron chi connectivity index (χ0n) is 12.4. The van der Waals surface area contributed by atoms with Gasteiger partial charge in [-0.1, -0.05) is 30.3 Å². The number of nitro groups is 2. The quantitative estimate of drug-likeness (QED) is 0.516. The molecule has 0 aliphatic heterocycles. The Hall–Kier alpha value is -3.56. The van der Waals surface area contributed by atoms with E-state index in [9.17, 15) is 20.2 Å². The molecule has 2 aromatic carbocycles. The van der Waals surface area contributed by atoms with Crippen molar-refractivity contribution in [2.45, 2.75) is 6.54 Å². The van der Waals surface area contributed by atoms with Crippen molar-refractivity contribution in [3.05, 3.63) is 62.2 Å². The van der Waals surface area contributed by atoms with Crippen LogP contribution < -0.4 is 4.90 Å². The SMILES string of the molecule is CN(Cc1ccccc1)c1c([N+](=O)[O-])cc([N+](=O)[O-])c2nonc12. The summed E-state index contributed by atoms with van der Waals surface area (Å²) < 4.78 is 4.58. The number of benzene rings is 2. The van der Waals surface area contributed by atoms with Gasteiger partial charge >= 0.3 is 11.4 Å². The first kappa shape index (κ1) is 15.3. The van der Waals surface area contributed by atoms with Crippen LogP contribution in [0.1, 0.15) is 5.56 Å². The van der Waals surface area contributed by atoms with Crippen molar-refractivity contribution in [2.24, 2.45) is 0 Å². The van der Waals surface area contributed by atoms with Crippen LogP contribution in [0.5, 0.6) is 0 Å². The van der Waals surface area contributed by atoms with E-state index in [1.54, 1.807) is 11.9 Å². The summed E-state index contributed by atoms with van der Waals surface area (Å²) >= 11 is 0. The Morgan fingerprint density at radius 3 is 2.29 bits per heavy atom. The van der Waals surface area contributed by atoms with E-state index in [0.29, 0.717) is 6.54 Å². The number of hydrogen-bond donors (Lipinski definition) is 0. The van der Waals surface area contributed by atoms with Gasteiger partial charge in [0.15, 0.2) is 5.52 Å². The number of aromatic nitrogens is 2. The minimum absolute atomic E-state index is 0.0191. The van der Waals surface area contributed by atoms with Gasteiger partial charge in [0.05, 0.1) is 15.9 Å². The molecule has 0 N–H and O–H groups in total. The number of non-ortho nitro benzene ring substituents is 1. The highest BCUT2D eigenvalue weighted by Crippen LogP contribution is 2.39. The lowest BCUT2D eigenvalue weighted by atomic mass is 10.1. The second-order valence-electron chi connectivity index (χ2n) is 5.08. The van der Waals surface area contributed by atoms with Gasteiger partial charge in [-0.3, -0.25) is 20.2 Å². The minimum Gasteiger partial charge on any atom is -0.363 e. The van der Waals surface area contributed by atoms with Crippen molar-refractivity contribution in [1.29, 1.82) is 0 Å². The Morgan fingerprint density at radius 1 is 1.04 bits per heavy atom. The molecule has 1 aromatic heterocycles. The monoisotopic (exact) mass is 329 g/mol. The smallest absolute Gasteiger partial charge is 0.307 e. The van der Waals surface area contributed by atoms with Gasteiger partial charge < -0.3 is 4.90 Å². The van der Waals surface area contributed by atoms with Crippen LogP contribution in [0.25, 0.3) is 11.0 Å². The average Bonchev–Trinajstić information content (AvgIpc) is 3.02. The summed E-state index contributed by atoms with van der Waals surface area (Å²) in [6.45, 7) is 0.349. The number of anilines is 1. The number of fused-ring (bicyclic) bond motifs is 1. The number of hydrogen-bond acceptors (Lipinski definition) is 8. The first-order valence-electron chi connectivity index (χ1n) is 6.82. The van der Waals surface area contributed by atoms with E-state index in [0.717, 1.165) is 11.6 Å². The molecule has 10 heteroatoms. The summed E-state index contributed by atoms with van der Waals surface area (Å²) in [4.78, 5) is 22.7. The normalized spacial score (nSPS) is 10.7. The molecule has 0 radical (unpaired) electrons. The van der Waals surface area contributed by atoms with Crippen LogP contribution in [0.2, 0.25) is 0 Å².